The van der Waals surface area contributed by atoms with Gasteiger partial charge in [0.05, 0.1) is 17.3 Å². The fraction of sp³-hybridized carbons (Fsp3) is 0.167. The largest absolute Gasteiger partial charge is 0.416 e. The molecule has 3 aromatic heterocycles. The van der Waals surface area contributed by atoms with Crippen LogP contribution in [0.3, 0.4) is 0 Å². The van der Waals surface area contributed by atoms with Crippen LogP contribution in [0.25, 0.3) is 11.3 Å². The fourth-order valence-corrected chi connectivity index (χ4v) is 3.30. The Kier molecular flexibility index (Phi) is 6.77. The summed E-state index contributed by atoms with van der Waals surface area (Å²) in [5.74, 6) is -1.54. The van der Waals surface area contributed by atoms with Gasteiger partial charge in [-0.05, 0) is 49.7 Å². The number of halogens is 3. The second kappa shape index (κ2) is 9.94. The monoisotopic (exact) mass is 496 g/mol. The normalized spacial score (nSPS) is 12.1. The number of carbonyl (C=O) groups excluding carboxylic acids is 2. The quantitative estimate of drug-likeness (QED) is 0.400. The van der Waals surface area contributed by atoms with Gasteiger partial charge in [-0.2, -0.15) is 13.2 Å². The minimum atomic E-state index is -4.56. The lowest BCUT2D eigenvalue weighted by molar-refractivity contribution is -0.138. The first kappa shape index (κ1) is 24.5. The summed E-state index contributed by atoms with van der Waals surface area (Å²) in [6.07, 6.45) is -0.0713. The summed E-state index contributed by atoms with van der Waals surface area (Å²) in [5.41, 5.74) is 0.693. The van der Waals surface area contributed by atoms with E-state index in [1.807, 2.05) is 0 Å². The molecular formula is C24H19F3N6O3. The van der Waals surface area contributed by atoms with Crippen molar-refractivity contribution in [2.45, 2.75) is 26.1 Å². The number of carbonyl (C=O) groups is 2. The van der Waals surface area contributed by atoms with Crippen LogP contribution < -0.4 is 10.6 Å². The number of hydrogen-bond donors (Lipinski definition) is 2. The van der Waals surface area contributed by atoms with E-state index in [1.54, 1.807) is 31.5 Å². The lowest BCUT2D eigenvalue weighted by Crippen LogP contribution is -2.27. The molecule has 12 heteroatoms. The third kappa shape index (κ3) is 5.54. The van der Waals surface area contributed by atoms with Gasteiger partial charge in [0.15, 0.2) is 0 Å². The third-order valence-electron chi connectivity index (χ3n) is 5.20. The van der Waals surface area contributed by atoms with Gasteiger partial charge in [0.2, 0.25) is 5.76 Å². The van der Waals surface area contributed by atoms with E-state index in [1.165, 1.54) is 37.5 Å². The standard InChI is InChI=1S/C24H19F3N6O3/c1-13-5-6-16(8-17(13)24(25,26)27)32-23(35)21-10-18(33-36-21)14(2)31-22(34)20-9-19(29-12-30-20)15-4-3-7-28-11-15/h3-12,14H,1-2H3,(H,31,34)(H,32,35)/t14-/m1/s1. The summed E-state index contributed by atoms with van der Waals surface area (Å²) in [7, 11) is 0. The zero-order chi connectivity index (χ0) is 25.9. The summed E-state index contributed by atoms with van der Waals surface area (Å²) < 4.78 is 44.4. The fourth-order valence-electron chi connectivity index (χ4n) is 3.30. The van der Waals surface area contributed by atoms with E-state index in [0.29, 0.717) is 11.3 Å². The Bertz CT molecular complexity index is 1410. The van der Waals surface area contributed by atoms with Gasteiger partial charge in [-0.1, -0.05) is 11.2 Å². The zero-order valence-electron chi connectivity index (χ0n) is 19.0. The van der Waals surface area contributed by atoms with E-state index in [4.69, 9.17) is 4.52 Å². The van der Waals surface area contributed by atoms with Crippen LogP contribution in [0.15, 0.2) is 65.7 Å². The third-order valence-corrected chi connectivity index (χ3v) is 5.20. The van der Waals surface area contributed by atoms with Crippen molar-refractivity contribution < 1.29 is 27.3 Å². The van der Waals surface area contributed by atoms with Crippen LogP contribution in [0.4, 0.5) is 18.9 Å². The Balaban J connectivity index is 1.43. The Hall–Kier alpha value is -4.61. The molecule has 0 spiro atoms. The minimum Gasteiger partial charge on any atom is -0.351 e. The Labute approximate surface area is 202 Å². The zero-order valence-corrected chi connectivity index (χ0v) is 19.0. The van der Waals surface area contributed by atoms with Crippen molar-refractivity contribution in [2.75, 3.05) is 5.32 Å². The van der Waals surface area contributed by atoms with Gasteiger partial charge < -0.3 is 15.2 Å². The molecule has 0 fully saturated rings. The number of aryl methyl sites for hydroxylation is 1. The molecule has 0 aliphatic heterocycles. The highest BCUT2D eigenvalue weighted by molar-refractivity contribution is 6.02. The maximum absolute atomic E-state index is 13.1. The summed E-state index contributed by atoms with van der Waals surface area (Å²) in [6.45, 7) is 2.95. The minimum absolute atomic E-state index is 0.0308. The van der Waals surface area contributed by atoms with E-state index in [0.717, 1.165) is 6.07 Å². The average molecular weight is 496 g/mol. The summed E-state index contributed by atoms with van der Waals surface area (Å²) in [5, 5.41) is 8.85. The van der Waals surface area contributed by atoms with Crippen molar-refractivity contribution in [2.24, 2.45) is 0 Å². The molecule has 0 aliphatic rings. The number of hydrogen-bond acceptors (Lipinski definition) is 7. The number of aromatic nitrogens is 4. The van der Waals surface area contributed by atoms with Gasteiger partial charge in [-0.15, -0.1) is 0 Å². The number of amides is 2. The second-order valence-corrected chi connectivity index (χ2v) is 7.82. The van der Waals surface area contributed by atoms with E-state index in [2.05, 4.69) is 30.7 Å². The van der Waals surface area contributed by atoms with Crippen LogP contribution in [0.1, 0.15) is 50.8 Å². The van der Waals surface area contributed by atoms with Gasteiger partial charge in [0.25, 0.3) is 11.8 Å². The van der Waals surface area contributed by atoms with E-state index < -0.39 is 29.6 Å². The van der Waals surface area contributed by atoms with Crippen molar-refractivity contribution >= 4 is 17.5 Å². The van der Waals surface area contributed by atoms with Gasteiger partial charge >= 0.3 is 6.18 Å². The molecule has 0 bridgehead atoms. The molecule has 1 aromatic carbocycles. The molecule has 0 saturated heterocycles. The van der Waals surface area contributed by atoms with E-state index in [9.17, 15) is 22.8 Å². The summed E-state index contributed by atoms with van der Waals surface area (Å²) in [6, 6.07) is 9.12. The van der Waals surface area contributed by atoms with Crippen molar-refractivity contribution in [1.29, 1.82) is 0 Å². The number of alkyl halides is 3. The average Bonchev–Trinajstić information content (AvgIpc) is 3.36. The van der Waals surface area contributed by atoms with Crippen LogP contribution >= 0.6 is 0 Å². The van der Waals surface area contributed by atoms with Crippen LogP contribution in [0.5, 0.6) is 0 Å². The first-order valence-corrected chi connectivity index (χ1v) is 10.6. The number of nitrogens with one attached hydrogen (secondary N) is 2. The van der Waals surface area contributed by atoms with Crippen molar-refractivity contribution in [3.05, 3.63) is 89.5 Å². The van der Waals surface area contributed by atoms with Crippen molar-refractivity contribution in [3.8, 4) is 11.3 Å². The van der Waals surface area contributed by atoms with Gasteiger partial charge in [-0.25, -0.2) is 9.97 Å². The second-order valence-electron chi connectivity index (χ2n) is 7.82. The Morgan fingerprint density at radius 2 is 1.86 bits per heavy atom. The lowest BCUT2D eigenvalue weighted by atomic mass is 10.1. The molecule has 36 heavy (non-hydrogen) atoms. The first-order chi connectivity index (χ1) is 17.1. The lowest BCUT2D eigenvalue weighted by Gasteiger charge is -2.12. The van der Waals surface area contributed by atoms with Gasteiger partial charge in [0, 0.05) is 29.7 Å². The number of nitrogens with zero attached hydrogens (tertiary/aromatic N) is 4. The van der Waals surface area contributed by atoms with Gasteiger partial charge in [-0.3, -0.25) is 14.6 Å². The number of rotatable bonds is 6. The van der Waals surface area contributed by atoms with Crippen LogP contribution in [-0.2, 0) is 6.18 Å². The molecule has 1 atom stereocenters. The van der Waals surface area contributed by atoms with E-state index >= 15 is 0 Å². The molecule has 0 aliphatic carbocycles. The summed E-state index contributed by atoms with van der Waals surface area (Å²) in [4.78, 5) is 37.3. The van der Waals surface area contributed by atoms with Crippen molar-refractivity contribution in [3.63, 3.8) is 0 Å². The maximum atomic E-state index is 13.1. The molecule has 0 radical (unpaired) electrons. The SMILES string of the molecule is Cc1ccc(NC(=O)c2cc([C@@H](C)NC(=O)c3cc(-c4cccnc4)ncn3)no2)cc1C(F)(F)F. The number of benzene rings is 1. The van der Waals surface area contributed by atoms with Crippen LogP contribution in [-0.4, -0.2) is 31.9 Å². The molecule has 184 valence electrons. The topological polar surface area (TPSA) is 123 Å². The molecule has 9 nitrogen and oxygen atoms in total. The molecule has 4 rings (SSSR count). The van der Waals surface area contributed by atoms with Crippen molar-refractivity contribution in [1.82, 2.24) is 25.4 Å². The molecule has 2 amide bonds. The predicted octanol–water partition coefficient (Wildman–Crippen LogP) is 4.60. The highest BCUT2D eigenvalue weighted by Gasteiger charge is 2.32. The summed E-state index contributed by atoms with van der Waals surface area (Å²) >= 11 is 0. The molecular weight excluding hydrogens is 477 g/mol. The van der Waals surface area contributed by atoms with Gasteiger partial charge in [0.1, 0.15) is 17.7 Å². The first-order valence-electron chi connectivity index (χ1n) is 10.6. The molecule has 0 unspecified atom stereocenters. The van der Waals surface area contributed by atoms with Crippen LogP contribution in [0, 0.1) is 6.92 Å². The highest BCUT2D eigenvalue weighted by Crippen LogP contribution is 2.33. The number of pyridine rings is 1. The van der Waals surface area contributed by atoms with Crippen LogP contribution in [0.2, 0.25) is 0 Å². The number of anilines is 1. The van der Waals surface area contributed by atoms with E-state index in [-0.39, 0.29) is 28.4 Å². The predicted molar refractivity (Wildman–Crippen MR) is 122 cm³/mol. The molecule has 3 heterocycles. The Morgan fingerprint density at radius 3 is 2.58 bits per heavy atom. The molecule has 4 aromatic rings. The molecule has 2 N–H and O–H groups in total. The Morgan fingerprint density at radius 1 is 1.06 bits per heavy atom. The maximum Gasteiger partial charge on any atom is 0.416 e. The highest BCUT2D eigenvalue weighted by atomic mass is 19.4. The molecule has 0 saturated carbocycles. The smallest absolute Gasteiger partial charge is 0.351 e.